The van der Waals surface area contributed by atoms with Gasteiger partial charge in [-0.05, 0) is 72.1 Å². The maximum absolute atomic E-state index is 11.8. The van der Waals surface area contributed by atoms with Gasteiger partial charge < -0.3 is 29.7 Å². The number of aliphatic hydroxyl groups excluding tert-OH is 1. The fourth-order valence-electron chi connectivity index (χ4n) is 6.10. The normalized spacial score (nSPS) is 11.9. The van der Waals surface area contributed by atoms with Gasteiger partial charge in [0.15, 0.2) is 5.75 Å². The Hall–Kier alpha value is -7.27. The summed E-state index contributed by atoms with van der Waals surface area (Å²) in [7, 11) is -0.0212. The minimum Gasteiger partial charge on any atom is -0.505 e. The van der Waals surface area contributed by atoms with Crippen LogP contribution in [0.3, 0.4) is 0 Å². The maximum Gasteiger partial charge on any atom is 0.296 e. The van der Waals surface area contributed by atoms with Crippen molar-refractivity contribution in [2.45, 2.75) is 11.5 Å². The monoisotopic (exact) mass is 797 g/mol. The second kappa shape index (κ2) is 16.8. The Morgan fingerprint density at radius 1 is 0.569 bits per heavy atom. The number of benzene rings is 7. The number of anilines is 2. The van der Waals surface area contributed by atoms with Crippen LogP contribution in [0.15, 0.2) is 157 Å². The Balaban J connectivity index is 1.18. The largest absolute Gasteiger partial charge is 0.505 e. The third kappa shape index (κ3) is 8.29. The molecule has 0 aromatic heterocycles. The van der Waals surface area contributed by atoms with E-state index in [2.05, 4.69) is 36.0 Å². The first kappa shape index (κ1) is 39.0. The zero-order valence-electron chi connectivity index (χ0n) is 31.2. The summed E-state index contributed by atoms with van der Waals surface area (Å²) in [4.78, 5) is -0.419. The molecule has 0 aliphatic rings. The third-order valence-corrected chi connectivity index (χ3v) is 9.91. The summed E-state index contributed by atoms with van der Waals surface area (Å²) < 4.78 is 49.7. The first-order valence-corrected chi connectivity index (χ1v) is 18.9. The number of hydrogen-bond donors (Lipinski definition) is 4. The number of phenols is 1. The molecule has 0 radical (unpaired) electrons. The zero-order valence-corrected chi connectivity index (χ0v) is 32.0. The van der Waals surface area contributed by atoms with E-state index in [1.165, 1.54) is 44.6 Å². The Kier molecular flexibility index (Phi) is 11.3. The molecule has 15 nitrogen and oxygen atoms in total. The van der Waals surface area contributed by atoms with E-state index in [0.29, 0.717) is 38.8 Å². The van der Waals surface area contributed by atoms with Gasteiger partial charge in [-0.3, -0.25) is 4.55 Å². The fraction of sp³-hybridized carbons (Fsp3) is 0.0952. The number of aliphatic hydroxyl groups is 1. The molecular formula is C42H35N7O8S. The molecule has 16 heteroatoms. The molecule has 0 aliphatic carbocycles. The van der Waals surface area contributed by atoms with Gasteiger partial charge in [-0.2, -0.15) is 13.5 Å². The van der Waals surface area contributed by atoms with E-state index in [9.17, 15) is 23.2 Å². The van der Waals surface area contributed by atoms with E-state index in [0.717, 1.165) is 22.5 Å². The molecule has 7 rings (SSSR count). The predicted molar refractivity (Wildman–Crippen MR) is 220 cm³/mol. The van der Waals surface area contributed by atoms with Gasteiger partial charge in [0, 0.05) is 45.2 Å². The highest BCUT2D eigenvalue weighted by atomic mass is 32.2. The minimum absolute atomic E-state index is 0.0300. The van der Waals surface area contributed by atoms with E-state index in [4.69, 9.17) is 14.2 Å². The van der Waals surface area contributed by atoms with Crippen molar-refractivity contribution >= 4 is 77.2 Å². The smallest absolute Gasteiger partial charge is 0.296 e. The summed E-state index contributed by atoms with van der Waals surface area (Å²) in [6.45, 7) is -0.465. The Morgan fingerprint density at radius 3 is 1.93 bits per heavy atom. The van der Waals surface area contributed by atoms with Crippen LogP contribution in [0.4, 0.5) is 45.5 Å². The van der Waals surface area contributed by atoms with Crippen molar-refractivity contribution in [2.24, 2.45) is 30.7 Å². The van der Waals surface area contributed by atoms with Gasteiger partial charge in [0.05, 0.1) is 39.3 Å². The van der Waals surface area contributed by atoms with Crippen molar-refractivity contribution in [1.29, 1.82) is 0 Å². The van der Waals surface area contributed by atoms with E-state index < -0.39 is 21.6 Å². The molecule has 0 spiro atoms. The Labute approximate surface area is 332 Å². The Bertz CT molecular complexity index is 2870. The number of azo groups is 3. The number of methoxy groups -OCH3 is 3. The number of nitrogens with one attached hydrogen (secondary N) is 1. The molecule has 7 aromatic carbocycles. The van der Waals surface area contributed by atoms with E-state index in [1.54, 1.807) is 25.3 Å². The van der Waals surface area contributed by atoms with Gasteiger partial charge >= 0.3 is 0 Å². The summed E-state index contributed by atoms with van der Waals surface area (Å²) in [6, 6.07) is 34.3. The molecule has 0 heterocycles. The molecule has 0 unspecified atom stereocenters. The molecule has 0 fully saturated rings. The number of aromatic hydroxyl groups is 1. The van der Waals surface area contributed by atoms with Gasteiger partial charge in [0.2, 0.25) is 0 Å². The van der Waals surface area contributed by atoms with Crippen molar-refractivity contribution in [3.05, 3.63) is 127 Å². The fourth-order valence-corrected chi connectivity index (χ4v) is 6.72. The van der Waals surface area contributed by atoms with Crippen LogP contribution >= 0.6 is 0 Å². The van der Waals surface area contributed by atoms with Crippen molar-refractivity contribution < 1.29 is 37.4 Å². The van der Waals surface area contributed by atoms with Crippen LogP contribution < -0.4 is 19.5 Å². The van der Waals surface area contributed by atoms with Crippen LogP contribution in [0, 0.1) is 0 Å². The maximum atomic E-state index is 11.8. The molecule has 0 bridgehead atoms. The topological polar surface area (TPSA) is 209 Å². The summed E-state index contributed by atoms with van der Waals surface area (Å²) >= 11 is 0. The van der Waals surface area contributed by atoms with Gasteiger partial charge in [-0.1, -0.05) is 42.5 Å². The number of fused-ring (bicyclic) bond motifs is 2. The molecule has 0 amide bonds. The lowest BCUT2D eigenvalue weighted by Gasteiger charge is -2.11. The highest BCUT2D eigenvalue weighted by molar-refractivity contribution is 7.86. The van der Waals surface area contributed by atoms with Crippen LogP contribution in [0.1, 0.15) is 5.56 Å². The quantitative estimate of drug-likeness (QED) is 0.0645. The van der Waals surface area contributed by atoms with Crippen LogP contribution in [0.25, 0.3) is 21.5 Å². The first-order valence-electron chi connectivity index (χ1n) is 17.5. The lowest BCUT2D eigenvalue weighted by Crippen LogP contribution is -1.97. The molecule has 58 heavy (non-hydrogen) atoms. The van der Waals surface area contributed by atoms with Gasteiger partial charge in [-0.15, -0.1) is 25.6 Å². The zero-order chi connectivity index (χ0) is 40.8. The minimum atomic E-state index is -4.56. The van der Waals surface area contributed by atoms with Crippen LogP contribution in [0.5, 0.6) is 23.0 Å². The van der Waals surface area contributed by atoms with Crippen LogP contribution in [0.2, 0.25) is 0 Å². The average Bonchev–Trinajstić information content (AvgIpc) is 3.24. The summed E-state index contributed by atoms with van der Waals surface area (Å²) in [6.07, 6.45) is 0. The lowest BCUT2D eigenvalue weighted by molar-refractivity contribution is 0.282. The predicted octanol–water partition coefficient (Wildman–Crippen LogP) is 11.5. The van der Waals surface area contributed by atoms with E-state index >= 15 is 0 Å². The van der Waals surface area contributed by atoms with Crippen molar-refractivity contribution in [3.63, 3.8) is 0 Å². The highest BCUT2D eigenvalue weighted by Crippen LogP contribution is 2.45. The summed E-state index contributed by atoms with van der Waals surface area (Å²) in [5.74, 6) is 1.31. The van der Waals surface area contributed by atoms with Crippen molar-refractivity contribution in [1.82, 2.24) is 0 Å². The molecule has 0 saturated carbocycles. The molecule has 0 aliphatic heterocycles. The molecular weight excluding hydrogens is 763 g/mol. The second-order valence-corrected chi connectivity index (χ2v) is 14.0. The average molecular weight is 798 g/mol. The van der Waals surface area contributed by atoms with E-state index in [-0.39, 0.29) is 34.2 Å². The number of phenolic OH excluding ortho intramolecular Hbond substituents is 1. The molecule has 0 saturated heterocycles. The third-order valence-electron chi connectivity index (χ3n) is 9.01. The standard InChI is InChI=1S/C42H35N7O8S/c1-55-29-16-13-27(14-17-29)43-28-15-18-30-25(20-28)12-19-34(42(30)51)45-49-41-32-9-5-4-8-31(32)36(23-39(41)57-3)47-48-37-21-26(24-50)35(22-38(37)56-2)46-44-33-10-6-7-11-40(33)58(52,53)54/h4-23,43,50-51H,24H2,1-3H3,(H,52,53,54). The highest BCUT2D eigenvalue weighted by Gasteiger charge is 2.17. The SMILES string of the molecule is COc1ccc(Nc2ccc3c(O)c(N=Nc4c(OC)cc(N=Nc5cc(CO)c(N=Nc6ccccc6S(=O)(=O)O)cc5OC)c5ccccc45)ccc3c2)cc1. The molecule has 4 N–H and O–H groups in total. The van der Waals surface area contributed by atoms with Crippen molar-refractivity contribution in [3.8, 4) is 23.0 Å². The molecule has 0 atom stereocenters. The molecule has 7 aromatic rings. The lowest BCUT2D eigenvalue weighted by atomic mass is 10.1. The van der Waals surface area contributed by atoms with Gasteiger partial charge in [0.1, 0.15) is 44.9 Å². The molecule has 292 valence electrons. The van der Waals surface area contributed by atoms with E-state index in [1.807, 2.05) is 72.8 Å². The number of nitrogens with zero attached hydrogens (tertiary/aromatic N) is 6. The van der Waals surface area contributed by atoms with Crippen LogP contribution in [-0.2, 0) is 16.7 Å². The number of ether oxygens (including phenoxy) is 3. The Morgan fingerprint density at radius 2 is 1.21 bits per heavy atom. The number of rotatable bonds is 13. The summed E-state index contributed by atoms with van der Waals surface area (Å²) in [5.41, 5.74) is 3.45. The van der Waals surface area contributed by atoms with Gasteiger partial charge in [-0.25, -0.2) is 0 Å². The first-order chi connectivity index (χ1) is 28.1. The van der Waals surface area contributed by atoms with Crippen LogP contribution in [-0.4, -0.2) is 44.5 Å². The van der Waals surface area contributed by atoms with Gasteiger partial charge in [0.25, 0.3) is 10.1 Å². The summed E-state index contributed by atoms with van der Waals surface area (Å²) in [5, 5.41) is 53.5. The number of hydrogen-bond acceptors (Lipinski definition) is 14. The van der Waals surface area contributed by atoms with Crippen molar-refractivity contribution in [2.75, 3.05) is 26.6 Å². The second-order valence-electron chi connectivity index (χ2n) is 12.6.